The van der Waals surface area contributed by atoms with E-state index < -0.39 is 10.8 Å². The number of rotatable bonds is 5. The Hall–Kier alpha value is -3.26. The molecule has 0 atom stereocenters. The molecule has 0 bridgehead atoms. The highest BCUT2D eigenvalue weighted by molar-refractivity contribution is 7.80. The molecular formula is C17H15N3O4S. The molecule has 0 saturated carbocycles. The van der Waals surface area contributed by atoms with E-state index in [1.807, 2.05) is 30.3 Å². The third kappa shape index (κ3) is 5.40. The van der Waals surface area contributed by atoms with E-state index in [1.165, 1.54) is 31.4 Å². The van der Waals surface area contributed by atoms with Gasteiger partial charge < -0.3 is 10.1 Å². The van der Waals surface area contributed by atoms with Gasteiger partial charge in [0.15, 0.2) is 5.11 Å². The fourth-order valence-electron chi connectivity index (χ4n) is 1.95. The van der Waals surface area contributed by atoms with Gasteiger partial charge in [0, 0.05) is 18.2 Å². The lowest BCUT2D eigenvalue weighted by Crippen LogP contribution is -2.32. The van der Waals surface area contributed by atoms with E-state index in [0.29, 0.717) is 5.75 Å². The largest absolute Gasteiger partial charge is 0.495 e. The monoisotopic (exact) mass is 357 g/mol. The van der Waals surface area contributed by atoms with E-state index in [2.05, 4.69) is 10.6 Å². The number of nitro groups is 1. The molecule has 0 spiro atoms. The number of benzene rings is 2. The molecule has 0 fully saturated rings. The predicted octanol–water partition coefficient (Wildman–Crippen LogP) is 3.13. The van der Waals surface area contributed by atoms with E-state index in [4.69, 9.17) is 17.0 Å². The van der Waals surface area contributed by atoms with E-state index in [9.17, 15) is 14.9 Å². The van der Waals surface area contributed by atoms with E-state index in [1.54, 1.807) is 6.08 Å². The van der Waals surface area contributed by atoms with Gasteiger partial charge in [0.05, 0.1) is 17.7 Å². The molecule has 0 aromatic heterocycles. The van der Waals surface area contributed by atoms with Crippen molar-refractivity contribution in [3.8, 4) is 5.75 Å². The Morgan fingerprint density at radius 1 is 1.24 bits per heavy atom. The van der Waals surface area contributed by atoms with Crippen molar-refractivity contribution in [1.29, 1.82) is 0 Å². The molecule has 0 heterocycles. The molecule has 2 N–H and O–H groups in total. The third-order valence-electron chi connectivity index (χ3n) is 3.11. The van der Waals surface area contributed by atoms with Crippen LogP contribution in [0.25, 0.3) is 6.08 Å². The number of methoxy groups -OCH3 is 1. The molecule has 7 nitrogen and oxygen atoms in total. The first-order valence-electron chi connectivity index (χ1n) is 7.17. The van der Waals surface area contributed by atoms with Crippen molar-refractivity contribution in [2.75, 3.05) is 12.4 Å². The molecule has 0 saturated heterocycles. The first kappa shape index (κ1) is 18.1. The van der Waals surface area contributed by atoms with Crippen LogP contribution >= 0.6 is 12.2 Å². The summed E-state index contributed by atoms with van der Waals surface area (Å²) in [6.07, 6.45) is 2.99. The topological polar surface area (TPSA) is 93.5 Å². The van der Waals surface area contributed by atoms with Crippen molar-refractivity contribution in [3.63, 3.8) is 0 Å². The normalized spacial score (nSPS) is 10.3. The number of carbonyl (C=O) groups is 1. The number of carbonyl (C=O) groups excluding carboxylic acids is 1. The maximum absolute atomic E-state index is 11.9. The lowest BCUT2D eigenvalue weighted by molar-refractivity contribution is -0.384. The number of nitrogens with zero attached hydrogens (tertiary/aromatic N) is 1. The van der Waals surface area contributed by atoms with Gasteiger partial charge in [-0.05, 0) is 29.9 Å². The predicted molar refractivity (Wildman–Crippen MR) is 99.5 cm³/mol. The van der Waals surface area contributed by atoms with Crippen LogP contribution in [0.1, 0.15) is 5.56 Å². The zero-order valence-corrected chi connectivity index (χ0v) is 14.1. The molecule has 2 aromatic rings. The average molecular weight is 357 g/mol. The standard InChI is InChI=1S/C17H15N3O4S/c1-24-15-9-8-13(20(22)23)11-14(15)18-17(25)19-16(21)10-7-12-5-3-2-4-6-12/h2-11H,1H3,(H2,18,19,21,25)/b10-7+. The van der Waals surface area contributed by atoms with Gasteiger partial charge in [-0.1, -0.05) is 30.3 Å². The van der Waals surface area contributed by atoms with Crippen LogP contribution in [0.3, 0.4) is 0 Å². The third-order valence-corrected chi connectivity index (χ3v) is 3.31. The number of nitro benzene ring substituents is 1. The minimum atomic E-state index is -0.533. The molecular weight excluding hydrogens is 342 g/mol. The number of thiocarbonyl (C=S) groups is 1. The lowest BCUT2D eigenvalue weighted by Gasteiger charge is -2.11. The zero-order chi connectivity index (χ0) is 18.2. The van der Waals surface area contributed by atoms with Gasteiger partial charge in [-0.2, -0.15) is 0 Å². The van der Waals surface area contributed by atoms with Gasteiger partial charge >= 0.3 is 0 Å². The van der Waals surface area contributed by atoms with Gasteiger partial charge in [0.1, 0.15) is 5.75 Å². The number of anilines is 1. The molecule has 8 heteroatoms. The summed E-state index contributed by atoms with van der Waals surface area (Å²) in [5.41, 5.74) is 1.03. The fraction of sp³-hybridized carbons (Fsp3) is 0.0588. The van der Waals surface area contributed by atoms with Crippen molar-refractivity contribution in [1.82, 2.24) is 5.32 Å². The fourth-order valence-corrected chi connectivity index (χ4v) is 2.16. The Kier molecular flexibility index (Phi) is 6.19. The second-order valence-electron chi connectivity index (χ2n) is 4.83. The van der Waals surface area contributed by atoms with E-state index in [-0.39, 0.29) is 16.5 Å². The summed E-state index contributed by atoms with van der Waals surface area (Å²) in [6, 6.07) is 13.3. The summed E-state index contributed by atoms with van der Waals surface area (Å²) in [5.74, 6) is -0.0622. The van der Waals surface area contributed by atoms with Crippen LogP contribution in [0.2, 0.25) is 0 Å². The summed E-state index contributed by atoms with van der Waals surface area (Å²) in [7, 11) is 1.43. The summed E-state index contributed by atoms with van der Waals surface area (Å²) in [4.78, 5) is 22.2. The highest BCUT2D eigenvalue weighted by atomic mass is 32.1. The maximum Gasteiger partial charge on any atom is 0.271 e. The van der Waals surface area contributed by atoms with Gasteiger partial charge in [0.2, 0.25) is 5.91 Å². The molecule has 128 valence electrons. The molecule has 0 aliphatic heterocycles. The number of nitrogens with one attached hydrogen (secondary N) is 2. The summed E-state index contributed by atoms with van der Waals surface area (Å²) in [5, 5.41) is 16.1. The number of hydrogen-bond acceptors (Lipinski definition) is 5. The molecule has 0 radical (unpaired) electrons. The Morgan fingerprint density at radius 2 is 1.96 bits per heavy atom. The zero-order valence-electron chi connectivity index (χ0n) is 13.3. The first-order valence-corrected chi connectivity index (χ1v) is 7.58. The summed E-state index contributed by atoms with van der Waals surface area (Å²) < 4.78 is 5.12. The molecule has 25 heavy (non-hydrogen) atoms. The molecule has 2 aromatic carbocycles. The number of amides is 1. The number of non-ortho nitro benzene ring substituents is 1. The maximum atomic E-state index is 11.9. The summed E-state index contributed by atoms with van der Waals surface area (Å²) in [6.45, 7) is 0. The minimum Gasteiger partial charge on any atom is -0.495 e. The van der Waals surface area contributed by atoms with Crippen LogP contribution in [-0.4, -0.2) is 23.1 Å². The minimum absolute atomic E-state index is 0.00140. The molecule has 0 aliphatic rings. The SMILES string of the molecule is COc1ccc([N+](=O)[O-])cc1NC(=S)NC(=O)/C=C/c1ccccc1. The van der Waals surface area contributed by atoms with Crippen molar-refractivity contribution < 1.29 is 14.5 Å². The van der Waals surface area contributed by atoms with Gasteiger partial charge in [-0.15, -0.1) is 0 Å². The van der Waals surface area contributed by atoms with Crippen molar-refractivity contribution >= 4 is 40.7 Å². The highest BCUT2D eigenvalue weighted by Crippen LogP contribution is 2.28. The molecule has 2 rings (SSSR count). The highest BCUT2D eigenvalue weighted by Gasteiger charge is 2.12. The van der Waals surface area contributed by atoms with Crippen LogP contribution in [-0.2, 0) is 4.79 Å². The van der Waals surface area contributed by atoms with Crippen molar-refractivity contribution in [3.05, 3.63) is 70.3 Å². The second-order valence-corrected chi connectivity index (χ2v) is 5.24. The van der Waals surface area contributed by atoms with Crippen molar-refractivity contribution in [2.24, 2.45) is 0 Å². The van der Waals surface area contributed by atoms with Gasteiger partial charge in [0.25, 0.3) is 5.69 Å². The van der Waals surface area contributed by atoms with Crippen LogP contribution in [0.4, 0.5) is 11.4 Å². The van der Waals surface area contributed by atoms with Crippen LogP contribution in [0.5, 0.6) is 5.75 Å². The lowest BCUT2D eigenvalue weighted by atomic mass is 10.2. The smallest absolute Gasteiger partial charge is 0.271 e. The Labute approximate surface area is 149 Å². The van der Waals surface area contributed by atoms with E-state index in [0.717, 1.165) is 5.56 Å². The molecule has 1 amide bonds. The van der Waals surface area contributed by atoms with Crippen LogP contribution in [0, 0.1) is 10.1 Å². The average Bonchev–Trinajstić information content (AvgIpc) is 2.60. The van der Waals surface area contributed by atoms with Gasteiger partial charge in [-0.25, -0.2) is 0 Å². The van der Waals surface area contributed by atoms with Crippen LogP contribution < -0.4 is 15.4 Å². The number of hydrogen-bond donors (Lipinski definition) is 2. The molecule has 0 aliphatic carbocycles. The Morgan fingerprint density at radius 3 is 2.60 bits per heavy atom. The second kappa shape index (κ2) is 8.55. The number of ether oxygens (including phenoxy) is 1. The Balaban J connectivity index is 2.02. The van der Waals surface area contributed by atoms with Gasteiger partial charge in [-0.3, -0.25) is 20.2 Å². The Bertz CT molecular complexity index is 822. The van der Waals surface area contributed by atoms with E-state index >= 15 is 0 Å². The quantitative estimate of drug-likeness (QED) is 0.370. The summed E-state index contributed by atoms with van der Waals surface area (Å²) >= 11 is 5.06. The van der Waals surface area contributed by atoms with Crippen LogP contribution in [0.15, 0.2) is 54.6 Å². The first-order chi connectivity index (χ1) is 12.0. The van der Waals surface area contributed by atoms with Crippen molar-refractivity contribution in [2.45, 2.75) is 0 Å². The molecule has 0 unspecified atom stereocenters.